The summed E-state index contributed by atoms with van der Waals surface area (Å²) in [6.45, 7) is -2.93. The van der Waals surface area contributed by atoms with E-state index in [1.807, 2.05) is 0 Å². The van der Waals surface area contributed by atoms with Gasteiger partial charge in [-0.05, 0) is 6.42 Å². The Morgan fingerprint density at radius 2 is 2.38 bits per heavy atom. The molecule has 0 radical (unpaired) electrons. The van der Waals surface area contributed by atoms with Crippen molar-refractivity contribution < 1.29 is 9.60 Å². The largest absolute Gasteiger partial charge is 0.0928 e. The lowest BCUT2D eigenvalue weighted by Gasteiger charge is -1.93. The van der Waals surface area contributed by atoms with Crippen molar-refractivity contribution in [3.05, 3.63) is 0 Å². The van der Waals surface area contributed by atoms with Gasteiger partial charge in [-0.1, -0.05) is 48.4 Å². The Bertz CT molecular complexity index is 198. The molecule has 0 aliphatic rings. The maximum Gasteiger partial charge on any atom is 0.0266 e. The molecule has 0 heterocycles. The maximum absolute atomic E-state index is 7.48. The van der Waals surface area contributed by atoms with Crippen molar-refractivity contribution in [3.63, 3.8) is 0 Å². The van der Waals surface area contributed by atoms with E-state index in [0.29, 0.717) is 18.2 Å². The van der Waals surface area contributed by atoms with Crippen LogP contribution in [0.1, 0.15) is 48.5 Å². The molecule has 0 bridgehead atoms. The molecule has 1 heteroatoms. The van der Waals surface area contributed by atoms with Gasteiger partial charge in [-0.25, -0.2) is 0 Å². The first kappa shape index (κ1) is 2.26. The fourth-order valence-electron chi connectivity index (χ4n) is 0.370. The topological polar surface area (TPSA) is 0 Å². The summed E-state index contributed by atoms with van der Waals surface area (Å²) < 4.78 is 50.6. The van der Waals surface area contributed by atoms with Gasteiger partial charge in [0.2, 0.25) is 0 Å². The van der Waals surface area contributed by atoms with Gasteiger partial charge >= 0.3 is 0 Å². The molecule has 0 aliphatic heterocycles. The van der Waals surface area contributed by atoms with E-state index >= 15 is 0 Å². The van der Waals surface area contributed by atoms with Gasteiger partial charge in [0.15, 0.2) is 0 Å². The Kier molecular flexibility index (Phi) is 2.12. The molecule has 0 N–H and O–H groups in total. The molecule has 0 aromatic rings. The molecule has 8 heavy (non-hydrogen) atoms. The van der Waals surface area contributed by atoms with E-state index in [2.05, 4.69) is 15.9 Å². The molecule has 0 saturated heterocycles. The van der Waals surface area contributed by atoms with Crippen molar-refractivity contribution in [1.82, 2.24) is 0 Å². The van der Waals surface area contributed by atoms with Gasteiger partial charge < -0.3 is 0 Å². The first-order valence-corrected chi connectivity index (χ1v) is 3.74. The molecule has 0 nitrogen and oxygen atoms in total. The second kappa shape index (κ2) is 7.48. The monoisotopic (exact) mass is 185 g/mol. The van der Waals surface area contributed by atoms with Gasteiger partial charge in [0.25, 0.3) is 0 Å². The minimum Gasteiger partial charge on any atom is -0.0928 e. The van der Waals surface area contributed by atoms with E-state index in [0.717, 1.165) is 0 Å². The van der Waals surface area contributed by atoms with Gasteiger partial charge in [0, 0.05) is 14.9 Å². The summed E-state index contributed by atoms with van der Waals surface area (Å²) in [6.07, 6.45) is -4.03. The molecular formula is C7H15Br. The molecule has 0 unspecified atom stereocenters. The second-order valence-corrected chi connectivity index (χ2v) is 2.24. The fourth-order valence-corrected chi connectivity index (χ4v) is 0.767. The van der Waals surface area contributed by atoms with E-state index < -0.39 is 19.6 Å². The van der Waals surface area contributed by atoms with E-state index in [1.54, 1.807) is 0 Å². The molecule has 0 aromatic heterocycles. The molecule has 50 valence electrons. The van der Waals surface area contributed by atoms with Gasteiger partial charge in [-0.2, -0.15) is 0 Å². The predicted molar refractivity (Wildman–Crippen MR) is 42.6 cm³/mol. The molecule has 0 aromatic carbocycles. The highest BCUT2D eigenvalue weighted by molar-refractivity contribution is 9.09. The zero-order chi connectivity index (χ0) is 12.3. The third-order valence-corrected chi connectivity index (χ3v) is 1.33. The SMILES string of the molecule is [2H]C([2H])([2H])C([2H])([2H])C([2H])([2H])CCCCBr. The number of hydrogen-bond acceptors (Lipinski definition) is 0. The van der Waals surface area contributed by atoms with Gasteiger partial charge in [-0.3, -0.25) is 0 Å². The molecule has 0 fully saturated rings. The summed E-state index contributed by atoms with van der Waals surface area (Å²) in [5, 5.41) is 0.708. The highest BCUT2D eigenvalue weighted by atomic mass is 79.9. The Morgan fingerprint density at radius 1 is 1.50 bits per heavy atom. The normalized spacial score (nSPS) is 27.9. The van der Waals surface area contributed by atoms with Crippen LogP contribution in [0.5, 0.6) is 0 Å². The summed E-state index contributed by atoms with van der Waals surface area (Å²) >= 11 is 3.18. The lowest BCUT2D eigenvalue weighted by atomic mass is 10.2. The van der Waals surface area contributed by atoms with Crippen LogP contribution in [0.15, 0.2) is 0 Å². The van der Waals surface area contributed by atoms with Crippen molar-refractivity contribution in [1.29, 1.82) is 0 Å². The van der Waals surface area contributed by atoms with Crippen LogP contribution in [0.25, 0.3) is 0 Å². The molecule has 0 spiro atoms. The van der Waals surface area contributed by atoms with Crippen molar-refractivity contribution in [2.24, 2.45) is 0 Å². The second-order valence-electron chi connectivity index (χ2n) is 1.45. The number of halogens is 1. The van der Waals surface area contributed by atoms with Crippen LogP contribution in [-0.2, 0) is 0 Å². The van der Waals surface area contributed by atoms with Crippen molar-refractivity contribution in [3.8, 4) is 0 Å². The van der Waals surface area contributed by atoms with Gasteiger partial charge in [-0.15, -0.1) is 0 Å². The fraction of sp³-hybridized carbons (Fsp3) is 1.00. The Morgan fingerprint density at radius 3 is 3.00 bits per heavy atom. The predicted octanol–water partition coefficient (Wildman–Crippen LogP) is 3.35. The lowest BCUT2D eigenvalue weighted by molar-refractivity contribution is 0.660. The van der Waals surface area contributed by atoms with Crippen molar-refractivity contribution >= 4 is 15.9 Å². The van der Waals surface area contributed by atoms with E-state index in [-0.39, 0.29) is 6.42 Å². The minimum absolute atomic E-state index is 0.0794. The summed E-state index contributed by atoms with van der Waals surface area (Å²) in [5.41, 5.74) is 0. The smallest absolute Gasteiger partial charge is 0.0266 e. The lowest BCUT2D eigenvalue weighted by Crippen LogP contribution is -1.76. The number of unbranched alkanes of at least 4 members (excludes halogenated alkanes) is 1. The molecule has 0 atom stereocenters. The van der Waals surface area contributed by atoms with Crippen LogP contribution >= 0.6 is 15.9 Å². The third kappa shape index (κ3) is 6.48. The zero-order valence-electron chi connectivity index (χ0n) is 11.7. The van der Waals surface area contributed by atoms with Crippen LogP contribution < -0.4 is 0 Å². The van der Waals surface area contributed by atoms with Crippen molar-refractivity contribution in [2.45, 2.75) is 38.9 Å². The van der Waals surface area contributed by atoms with Gasteiger partial charge in [0.1, 0.15) is 0 Å². The average molecular weight is 186 g/mol. The number of alkyl halides is 1. The Balaban J connectivity index is 4.56. The molecule has 0 rings (SSSR count). The molecule has 0 aliphatic carbocycles. The van der Waals surface area contributed by atoms with E-state index in [9.17, 15) is 0 Å². The molecule has 0 amide bonds. The highest BCUT2D eigenvalue weighted by Gasteiger charge is 1.84. The zero-order valence-corrected chi connectivity index (χ0v) is 6.29. The van der Waals surface area contributed by atoms with Crippen LogP contribution in [-0.4, -0.2) is 5.33 Å². The summed E-state index contributed by atoms with van der Waals surface area (Å²) in [5.74, 6) is 0. The molecule has 0 saturated carbocycles. The third-order valence-electron chi connectivity index (χ3n) is 0.774. The number of hydrogen-bond donors (Lipinski definition) is 0. The van der Waals surface area contributed by atoms with E-state index in [1.165, 1.54) is 0 Å². The first-order chi connectivity index (χ1) is 6.56. The van der Waals surface area contributed by atoms with Crippen LogP contribution in [0.4, 0.5) is 0 Å². The first-order valence-electron chi connectivity index (χ1n) is 6.12. The van der Waals surface area contributed by atoms with Crippen LogP contribution in [0.2, 0.25) is 0 Å². The Labute approximate surface area is 70.6 Å². The summed E-state index contributed by atoms with van der Waals surface area (Å²) in [7, 11) is 0. The quantitative estimate of drug-likeness (QED) is 0.456. The van der Waals surface area contributed by atoms with Crippen LogP contribution in [0, 0.1) is 0 Å². The summed E-state index contributed by atoms with van der Waals surface area (Å²) in [6, 6.07) is 0. The van der Waals surface area contributed by atoms with Crippen molar-refractivity contribution in [2.75, 3.05) is 5.33 Å². The van der Waals surface area contributed by atoms with E-state index in [4.69, 9.17) is 9.60 Å². The maximum atomic E-state index is 7.48. The molecular weight excluding hydrogens is 164 g/mol. The highest BCUT2D eigenvalue weighted by Crippen LogP contribution is 2.03. The minimum atomic E-state index is -2.93. The van der Waals surface area contributed by atoms with Gasteiger partial charge in [0.05, 0.1) is 0 Å². The van der Waals surface area contributed by atoms with Crippen LogP contribution in [0.3, 0.4) is 0 Å². The average Bonchev–Trinajstić information content (AvgIpc) is 2.02. The summed E-state index contributed by atoms with van der Waals surface area (Å²) in [4.78, 5) is 0. The standard InChI is InChI=1S/C7H15Br/c1-2-3-4-5-6-7-8/h2-7H2,1H3/i1D3,2D2,3D2. The number of rotatable bonds is 5. The Hall–Kier alpha value is 0.480.